The van der Waals surface area contributed by atoms with Crippen LogP contribution in [0.5, 0.6) is 0 Å². The molecule has 2 heterocycles. The number of anilines is 1. The van der Waals surface area contributed by atoms with E-state index in [4.69, 9.17) is 4.74 Å². The lowest BCUT2D eigenvalue weighted by atomic mass is 9.90. The molecule has 1 aromatic rings. The molecule has 2 rings (SSSR count). The summed E-state index contributed by atoms with van der Waals surface area (Å²) in [4.78, 5) is 30.6. The number of hydrogen-bond acceptors (Lipinski definition) is 7. The molecule has 1 saturated heterocycles. The molecule has 1 fully saturated rings. The Balaban J connectivity index is 2.23. The van der Waals surface area contributed by atoms with Gasteiger partial charge in [0.2, 0.25) is 5.82 Å². The summed E-state index contributed by atoms with van der Waals surface area (Å²) in [5.74, 6) is -1.50. The first-order valence-electron chi connectivity index (χ1n) is 6.08. The van der Waals surface area contributed by atoms with Crippen molar-refractivity contribution in [1.29, 1.82) is 0 Å². The Morgan fingerprint density at radius 3 is 2.75 bits per heavy atom. The van der Waals surface area contributed by atoms with Crippen LogP contribution in [0, 0.1) is 0 Å². The first-order valence-corrected chi connectivity index (χ1v) is 6.08. The van der Waals surface area contributed by atoms with Crippen LogP contribution < -0.4 is 5.32 Å². The van der Waals surface area contributed by atoms with Gasteiger partial charge in [-0.1, -0.05) is 0 Å². The first kappa shape index (κ1) is 14.2. The van der Waals surface area contributed by atoms with Crippen LogP contribution in [0.3, 0.4) is 0 Å². The summed E-state index contributed by atoms with van der Waals surface area (Å²) < 4.78 is 9.71. The average Bonchev–Trinajstić information content (AvgIpc) is 2.47. The number of carbonyl (C=O) groups is 2. The number of nitrogens with zero attached hydrogens (tertiary/aromatic N) is 2. The number of methoxy groups -OCH3 is 1. The zero-order valence-electron chi connectivity index (χ0n) is 11.0. The van der Waals surface area contributed by atoms with Crippen molar-refractivity contribution in [3.05, 3.63) is 18.1 Å². The van der Waals surface area contributed by atoms with E-state index in [9.17, 15) is 14.7 Å². The monoisotopic (exact) mass is 281 g/mol. The molecule has 20 heavy (non-hydrogen) atoms. The summed E-state index contributed by atoms with van der Waals surface area (Å²) in [6.07, 6.45) is 2.01. The van der Waals surface area contributed by atoms with Crippen molar-refractivity contribution in [2.45, 2.75) is 18.4 Å². The van der Waals surface area contributed by atoms with Crippen LogP contribution in [0.1, 0.15) is 23.5 Å². The quantitative estimate of drug-likeness (QED) is 0.758. The van der Waals surface area contributed by atoms with Crippen molar-refractivity contribution in [1.82, 2.24) is 9.97 Å². The SMILES string of the molecule is COC(=O)c1nccc(NC2(C(=O)O)CCOCC2)n1. The third-order valence-electron chi connectivity index (χ3n) is 3.15. The van der Waals surface area contributed by atoms with Crippen molar-refractivity contribution in [3.63, 3.8) is 0 Å². The van der Waals surface area contributed by atoms with E-state index in [-0.39, 0.29) is 11.6 Å². The van der Waals surface area contributed by atoms with Crippen molar-refractivity contribution >= 4 is 17.8 Å². The molecule has 0 radical (unpaired) electrons. The number of aliphatic carboxylic acids is 1. The maximum absolute atomic E-state index is 11.5. The minimum absolute atomic E-state index is 0.120. The summed E-state index contributed by atoms with van der Waals surface area (Å²) in [5.41, 5.74) is -1.14. The Bertz CT molecular complexity index is 514. The van der Waals surface area contributed by atoms with E-state index in [0.29, 0.717) is 26.1 Å². The summed E-state index contributed by atoms with van der Waals surface area (Å²) in [6.45, 7) is 0.711. The van der Waals surface area contributed by atoms with E-state index in [1.54, 1.807) is 0 Å². The van der Waals surface area contributed by atoms with Crippen molar-refractivity contribution < 1.29 is 24.2 Å². The highest BCUT2D eigenvalue weighted by atomic mass is 16.5. The number of carboxylic acid groups (broad SMARTS) is 1. The van der Waals surface area contributed by atoms with Gasteiger partial charge in [-0.3, -0.25) is 0 Å². The van der Waals surface area contributed by atoms with E-state index in [1.807, 2.05) is 0 Å². The lowest BCUT2D eigenvalue weighted by molar-refractivity contribution is -0.145. The normalized spacial score (nSPS) is 17.2. The number of rotatable bonds is 4. The average molecular weight is 281 g/mol. The summed E-state index contributed by atoms with van der Waals surface area (Å²) >= 11 is 0. The van der Waals surface area contributed by atoms with Gasteiger partial charge < -0.3 is 19.9 Å². The molecule has 0 amide bonds. The van der Waals surface area contributed by atoms with Gasteiger partial charge in [0, 0.05) is 32.3 Å². The molecule has 2 N–H and O–H groups in total. The fraction of sp³-hybridized carbons (Fsp3) is 0.500. The predicted octanol–water partition coefficient (Wildman–Crippen LogP) is 0.309. The molecule has 0 bridgehead atoms. The van der Waals surface area contributed by atoms with Gasteiger partial charge >= 0.3 is 11.9 Å². The Kier molecular flexibility index (Phi) is 4.14. The molecule has 108 valence electrons. The highest BCUT2D eigenvalue weighted by Gasteiger charge is 2.40. The fourth-order valence-electron chi connectivity index (χ4n) is 1.98. The van der Waals surface area contributed by atoms with Gasteiger partial charge in [-0.25, -0.2) is 19.6 Å². The molecular weight excluding hydrogens is 266 g/mol. The molecule has 0 unspecified atom stereocenters. The second-order valence-corrected chi connectivity index (χ2v) is 4.38. The van der Waals surface area contributed by atoms with Crippen LogP contribution in [0.4, 0.5) is 5.82 Å². The van der Waals surface area contributed by atoms with Gasteiger partial charge in [-0.15, -0.1) is 0 Å². The molecule has 0 saturated carbocycles. The van der Waals surface area contributed by atoms with E-state index in [2.05, 4.69) is 20.0 Å². The summed E-state index contributed by atoms with van der Waals surface area (Å²) in [6, 6.07) is 1.51. The molecule has 0 aromatic carbocycles. The van der Waals surface area contributed by atoms with E-state index < -0.39 is 17.5 Å². The number of esters is 1. The van der Waals surface area contributed by atoms with Crippen molar-refractivity contribution in [3.8, 4) is 0 Å². The molecule has 0 atom stereocenters. The third kappa shape index (κ3) is 2.85. The van der Waals surface area contributed by atoms with Crippen molar-refractivity contribution in [2.24, 2.45) is 0 Å². The predicted molar refractivity (Wildman–Crippen MR) is 67.4 cm³/mol. The molecule has 8 heteroatoms. The topological polar surface area (TPSA) is 111 Å². The molecular formula is C12H15N3O5. The molecule has 0 spiro atoms. The summed E-state index contributed by atoms with van der Waals surface area (Å²) in [7, 11) is 1.23. The number of hydrogen-bond donors (Lipinski definition) is 2. The Morgan fingerprint density at radius 1 is 1.45 bits per heavy atom. The van der Waals surface area contributed by atoms with E-state index in [0.717, 1.165) is 0 Å². The number of carboxylic acids is 1. The molecule has 1 aliphatic heterocycles. The second-order valence-electron chi connectivity index (χ2n) is 4.38. The van der Waals surface area contributed by atoms with E-state index in [1.165, 1.54) is 19.4 Å². The van der Waals surface area contributed by atoms with Crippen LogP contribution in [0.25, 0.3) is 0 Å². The number of aromatic nitrogens is 2. The number of carbonyl (C=O) groups excluding carboxylic acids is 1. The Labute approximate surface area is 115 Å². The zero-order chi connectivity index (χ0) is 14.6. The lowest BCUT2D eigenvalue weighted by Crippen LogP contribution is -2.50. The van der Waals surface area contributed by atoms with Crippen LogP contribution in [0.15, 0.2) is 12.3 Å². The first-order chi connectivity index (χ1) is 9.57. The number of ether oxygens (including phenoxy) is 2. The Morgan fingerprint density at radius 2 is 2.15 bits per heavy atom. The van der Waals surface area contributed by atoms with Crippen LogP contribution in [-0.4, -0.2) is 52.9 Å². The van der Waals surface area contributed by atoms with Gasteiger partial charge in [0.1, 0.15) is 11.4 Å². The van der Waals surface area contributed by atoms with Gasteiger partial charge in [-0.05, 0) is 6.07 Å². The minimum Gasteiger partial charge on any atom is -0.480 e. The standard InChI is InChI=1S/C12H15N3O5/c1-19-10(16)9-13-5-2-8(14-9)15-12(11(17)18)3-6-20-7-4-12/h2,5H,3-4,6-7H2,1H3,(H,17,18)(H,13,14,15). The fourth-order valence-corrected chi connectivity index (χ4v) is 1.98. The Hall–Kier alpha value is -2.22. The lowest BCUT2D eigenvalue weighted by Gasteiger charge is -2.34. The number of nitrogens with one attached hydrogen (secondary N) is 1. The molecule has 8 nitrogen and oxygen atoms in total. The smallest absolute Gasteiger partial charge is 0.376 e. The third-order valence-corrected chi connectivity index (χ3v) is 3.15. The summed E-state index contributed by atoms with van der Waals surface area (Å²) in [5, 5.41) is 12.3. The molecule has 1 aliphatic rings. The van der Waals surface area contributed by atoms with Gasteiger partial charge in [0.15, 0.2) is 0 Å². The highest BCUT2D eigenvalue weighted by molar-refractivity contribution is 5.86. The van der Waals surface area contributed by atoms with Gasteiger partial charge in [0.25, 0.3) is 0 Å². The van der Waals surface area contributed by atoms with Crippen LogP contribution in [0.2, 0.25) is 0 Å². The van der Waals surface area contributed by atoms with E-state index >= 15 is 0 Å². The largest absolute Gasteiger partial charge is 0.480 e. The van der Waals surface area contributed by atoms with Crippen LogP contribution >= 0.6 is 0 Å². The maximum atomic E-state index is 11.5. The molecule has 1 aromatic heterocycles. The second kappa shape index (κ2) is 5.83. The minimum atomic E-state index is -1.14. The van der Waals surface area contributed by atoms with Gasteiger partial charge in [0.05, 0.1) is 7.11 Å². The van der Waals surface area contributed by atoms with Crippen LogP contribution in [-0.2, 0) is 14.3 Å². The molecule has 0 aliphatic carbocycles. The highest BCUT2D eigenvalue weighted by Crippen LogP contribution is 2.25. The van der Waals surface area contributed by atoms with Gasteiger partial charge in [-0.2, -0.15) is 0 Å². The van der Waals surface area contributed by atoms with Crippen molar-refractivity contribution in [2.75, 3.05) is 25.6 Å². The zero-order valence-corrected chi connectivity index (χ0v) is 11.0. The maximum Gasteiger partial charge on any atom is 0.376 e.